The first-order valence-corrected chi connectivity index (χ1v) is 7.88. The maximum atomic E-state index is 5.21. The summed E-state index contributed by atoms with van der Waals surface area (Å²) in [4.78, 5) is 8.52. The van der Waals surface area contributed by atoms with Gasteiger partial charge in [0, 0.05) is 37.2 Å². The zero-order valence-electron chi connectivity index (χ0n) is 12.4. The standard InChI is InChI=1S/C14H25N3OS/c1-10(2)15-9-13-11(3)16-14(19-13)17(7-8-18-4)12-5-6-12/h10,12,15H,5-9H2,1-4H3. The summed E-state index contributed by atoms with van der Waals surface area (Å²) < 4.78 is 5.21. The van der Waals surface area contributed by atoms with E-state index in [-0.39, 0.29) is 0 Å². The Morgan fingerprint density at radius 1 is 1.47 bits per heavy atom. The molecule has 4 nitrogen and oxygen atoms in total. The Hall–Kier alpha value is -0.650. The highest BCUT2D eigenvalue weighted by Gasteiger charge is 2.31. The molecule has 2 rings (SSSR count). The van der Waals surface area contributed by atoms with E-state index in [1.807, 2.05) is 11.3 Å². The smallest absolute Gasteiger partial charge is 0.186 e. The van der Waals surface area contributed by atoms with E-state index < -0.39 is 0 Å². The highest BCUT2D eigenvalue weighted by atomic mass is 32.1. The van der Waals surface area contributed by atoms with Crippen LogP contribution in [0.2, 0.25) is 0 Å². The van der Waals surface area contributed by atoms with E-state index >= 15 is 0 Å². The molecule has 0 bridgehead atoms. The van der Waals surface area contributed by atoms with Crippen molar-refractivity contribution in [2.75, 3.05) is 25.2 Å². The van der Waals surface area contributed by atoms with Crippen LogP contribution in [-0.4, -0.2) is 37.3 Å². The molecule has 1 heterocycles. The van der Waals surface area contributed by atoms with Crippen LogP contribution in [0.3, 0.4) is 0 Å². The highest BCUT2D eigenvalue weighted by molar-refractivity contribution is 7.15. The number of nitrogens with zero attached hydrogens (tertiary/aromatic N) is 2. The van der Waals surface area contributed by atoms with E-state index in [0.717, 1.165) is 30.5 Å². The Morgan fingerprint density at radius 3 is 2.79 bits per heavy atom. The predicted octanol–water partition coefficient (Wildman–Crippen LogP) is 2.56. The number of rotatable bonds is 8. The number of thiazole rings is 1. The molecule has 0 atom stereocenters. The fraction of sp³-hybridized carbons (Fsp3) is 0.786. The molecule has 19 heavy (non-hydrogen) atoms. The van der Waals surface area contributed by atoms with Crippen molar-refractivity contribution in [3.63, 3.8) is 0 Å². The maximum absolute atomic E-state index is 5.21. The molecule has 1 N–H and O–H groups in total. The van der Waals surface area contributed by atoms with Crippen molar-refractivity contribution in [2.24, 2.45) is 0 Å². The fourth-order valence-electron chi connectivity index (χ4n) is 2.01. The van der Waals surface area contributed by atoms with Gasteiger partial charge in [-0.2, -0.15) is 0 Å². The number of nitrogens with one attached hydrogen (secondary N) is 1. The fourth-order valence-corrected chi connectivity index (χ4v) is 3.12. The first kappa shape index (κ1) is 14.8. The summed E-state index contributed by atoms with van der Waals surface area (Å²) in [7, 11) is 1.76. The Labute approximate surface area is 120 Å². The van der Waals surface area contributed by atoms with Crippen LogP contribution in [0.1, 0.15) is 37.3 Å². The lowest BCUT2D eigenvalue weighted by Gasteiger charge is -2.20. The largest absolute Gasteiger partial charge is 0.383 e. The number of hydrogen-bond acceptors (Lipinski definition) is 5. The second-order valence-corrected chi connectivity index (χ2v) is 6.52. The third-order valence-corrected chi connectivity index (χ3v) is 4.52. The van der Waals surface area contributed by atoms with Gasteiger partial charge in [-0.15, -0.1) is 11.3 Å². The zero-order chi connectivity index (χ0) is 13.8. The molecule has 5 heteroatoms. The molecule has 0 saturated heterocycles. The summed E-state index contributed by atoms with van der Waals surface area (Å²) in [6.45, 7) is 9.10. The molecule has 0 radical (unpaired) electrons. The first-order chi connectivity index (χ1) is 9.11. The average molecular weight is 283 g/mol. The van der Waals surface area contributed by atoms with E-state index in [9.17, 15) is 0 Å². The Morgan fingerprint density at radius 2 is 2.21 bits per heavy atom. The Balaban J connectivity index is 2.03. The van der Waals surface area contributed by atoms with Crippen LogP contribution in [0, 0.1) is 6.92 Å². The molecular weight excluding hydrogens is 258 g/mol. The number of aryl methyl sites for hydroxylation is 1. The highest BCUT2D eigenvalue weighted by Crippen LogP contribution is 2.35. The minimum absolute atomic E-state index is 0.512. The quantitative estimate of drug-likeness (QED) is 0.795. The molecule has 0 aromatic carbocycles. The summed E-state index contributed by atoms with van der Waals surface area (Å²) in [5, 5.41) is 4.63. The molecule has 1 aromatic heterocycles. The van der Waals surface area contributed by atoms with Crippen molar-refractivity contribution in [1.29, 1.82) is 0 Å². The molecule has 1 saturated carbocycles. The number of anilines is 1. The van der Waals surface area contributed by atoms with Crippen molar-refractivity contribution in [3.8, 4) is 0 Å². The van der Waals surface area contributed by atoms with Crippen LogP contribution in [0.4, 0.5) is 5.13 Å². The van der Waals surface area contributed by atoms with Gasteiger partial charge in [-0.1, -0.05) is 13.8 Å². The van der Waals surface area contributed by atoms with Crippen LogP contribution in [0.5, 0.6) is 0 Å². The van der Waals surface area contributed by atoms with Gasteiger partial charge in [0.1, 0.15) is 0 Å². The first-order valence-electron chi connectivity index (χ1n) is 7.07. The van der Waals surface area contributed by atoms with Crippen molar-refractivity contribution >= 4 is 16.5 Å². The van der Waals surface area contributed by atoms with E-state index in [2.05, 4.69) is 31.0 Å². The normalized spacial score (nSPS) is 15.2. The van der Waals surface area contributed by atoms with Gasteiger partial charge >= 0.3 is 0 Å². The minimum atomic E-state index is 0.512. The third kappa shape index (κ3) is 4.16. The average Bonchev–Trinajstić information content (AvgIpc) is 3.12. The topological polar surface area (TPSA) is 37.4 Å². The molecule has 0 spiro atoms. The second-order valence-electron chi connectivity index (χ2n) is 5.46. The van der Waals surface area contributed by atoms with Crippen LogP contribution in [0.15, 0.2) is 0 Å². The molecular formula is C14H25N3OS. The van der Waals surface area contributed by atoms with E-state index in [0.29, 0.717) is 12.1 Å². The van der Waals surface area contributed by atoms with E-state index in [1.54, 1.807) is 7.11 Å². The Kier molecular flexibility index (Phi) is 5.19. The summed E-state index contributed by atoms with van der Waals surface area (Å²) in [6, 6.07) is 1.20. The van der Waals surface area contributed by atoms with E-state index in [4.69, 9.17) is 9.72 Å². The third-order valence-electron chi connectivity index (χ3n) is 3.32. The summed E-state index contributed by atoms with van der Waals surface area (Å²) in [5.74, 6) is 0. The van der Waals surface area contributed by atoms with Crippen LogP contribution < -0.4 is 10.2 Å². The minimum Gasteiger partial charge on any atom is -0.383 e. The zero-order valence-corrected chi connectivity index (χ0v) is 13.2. The second kappa shape index (κ2) is 6.68. The van der Waals surface area contributed by atoms with Gasteiger partial charge in [0.2, 0.25) is 0 Å². The summed E-state index contributed by atoms with van der Waals surface area (Å²) in [5.41, 5.74) is 1.16. The maximum Gasteiger partial charge on any atom is 0.186 e. The molecule has 1 aliphatic carbocycles. The molecule has 1 aromatic rings. The number of methoxy groups -OCH3 is 1. The van der Waals surface area contributed by atoms with Crippen LogP contribution in [0.25, 0.3) is 0 Å². The van der Waals surface area contributed by atoms with Gasteiger partial charge in [-0.05, 0) is 19.8 Å². The monoisotopic (exact) mass is 283 g/mol. The van der Waals surface area contributed by atoms with Gasteiger partial charge in [0.05, 0.1) is 12.3 Å². The van der Waals surface area contributed by atoms with Crippen molar-refractivity contribution in [3.05, 3.63) is 10.6 Å². The number of aromatic nitrogens is 1. The van der Waals surface area contributed by atoms with Crippen LogP contribution >= 0.6 is 11.3 Å². The van der Waals surface area contributed by atoms with Crippen molar-refractivity contribution < 1.29 is 4.74 Å². The molecule has 0 unspecified atom stereocenters. The lowest BCUT2D eigenvalue weighted by molar-refractivity contribution is 0.205. The predicted molar refractivity (Wildman–Crippen MR) is 81.1 cm³/mol. The lowest BCUT2D eigenvalue weighted by atomic mass is 10.3. The summed E-state index contributed by atoms with van der Waals surface area (Å²) >= 11 is 1.83. The molecule has 0 amide bonds. The molecule has 0 aliphatic heterocycles. The Bertz CT molecular complexity index is 401. The van der Waals surface area contributed by atoms with Gasteiger partial charge in [-0.25, -0.2) is 4.98 Å². The number of ether oxygens (including phenoxy) is 1. The van der Waals surface area contributed by atoms with Crippen molar-refractivity contribution in [1.82, 2.24) is 10.3 Å². The lowest BCUT2D eigenvalue weighted by Crippen LogP contribution is -2.29. The van der Waals surface area contributed by atoms with Crippen molar-refractivity contribution in [2.45, 2.75) is 52.2 Å². The number of hydrogen-bond donors (Lipinski definition) is 1. The molecule has 1 fully saturated rings. The molecule has 1 aliphatic rings. The SMILES string of the molecule is COCCN(c1nc(C)c(CNC(C)C)s1)C1CC1. The van der Waals surface area contributed by atoms with Crippen LogP contribution in [-0.2, 0) is 11.3 Å². The molecule has 108 valence electrons. The van der Waals surface area contributed by atoms with Gasteiger partial charge in [-0.3, -0.25) is 0 Å². The van der Waals surface area contributed by atoms with Gasteiger partial charge in [0.25, 0.3) is 0 Å². The van der Waals surface area contributed by atoms with Gasteiger partial charge < -0.3 is 15.0 Å². The van der Waals surface area contributed by atoms with Gasteiger partial charge in [0.15, 0.2) is 5.13 Å². The summed E-state index contributed by atoms with van der Waals surface area (Å²) in [6.07, 6.45) is 2.59. The van der Waals surface area contributed by atoms with E-state index in [1.165, 1.54) is 17.7 Å².